The van der Waals surface area contributed by atoms with E-state index >= 15 is 0 Å². The topological polar surface area (TPSA) is 49.4 Å². The van der Waals surface area contributed by atoms with Crippen LogP contribution in [0.5, 0.6) is 0 Å². The van der Waals surface area contributed by atoms with Crippen LogP contribution >= 0.6 is 12.4 Å². The van der Waals surface area contributed by atoms with E-state index in [1.165, 1.54) is 5.56 Å². The fourth-order valence-electron chi connectivity index (χ4n) is 3.13. The van der Waals surface area contributed by atoms with Crippen molar-refractivity contribution < 1.29 is 8.42 Å². The van der Waals surface area contributed by atoms with E-state index in [1.807, 2.05) is 18.2 Å². The van der Waals surface area contributed by atoms with E-state index in [2.05, 4.69) is 29.8 Å². The lowest BCUT2D eigenvalue weighted by Gasteiger charge is -2.31. The van der Waals surface area contributed by atoms with Crippen molar-refractivity contribution in [1.29, 1.82) is 0 Å². The summed E-state index contributed by atoms with van der Waals surface area (Å²) in [7, 11) is 0.653. The number of hydrogen-bond donors (Lipinski definition) is 1. The van der Waals surface area contributed by atoms with Gasteiger partial charge in [0.1, 0.15) is 0 Å². The Hall–Kier alpha value is -1.56. The third-order valence-corrected chi connectivity index (χ3v) is 5.87. The summed E-state index contributed by atoms with van der Waals surface area (Å²) in [6, 6.07) is 14.9. The molecule has 1 aliphatic carbocycles. The normalized spacial score (nSPS) is 17.0. The van der Waals surface area contributed by atoms with Gasteiger partial charge in [-0.3, -0.25) is 4.72 Å². The van der Waals surface area contributed by atoms with Gasteiger partial charge in [-0.15, -0.1) is 12.4 Å². The van der Waals surface area contributed by atoms with Crippen molar-refractivity contribution in [3.8, 4) is 0 Å². The zero-order valence-electron chi connectivity index (χ0n) is 13.9. The Labute approximate surface area is 150 Å². The molecule has 24 heavy (non-hydrogen) atoms. The molecule has 0 saturated heterocycles. The first-order valence-corrected chi connectivity index (χ1v) is 9.31. The van der Waals surface area contributed by atoms with Crippen LogP contribution in [-0.4, -0.2) is 33.5 Å². The van der Waals surface area contributed by atoms with E-state index in [-0.39, 0.29) is 12.4 Å². The van der Waals surface area contributed by atoms with Crippen LogP contribution in [0.15, 0.2) is 53.4 Å². The maximum atomic E-state index is 12.5. The van der Waals surface area contributed by atoms with Crippen LogP contribution in [0.3, 0.4) is 0 Å². The molecular weight excluding hydrogens is 344 g/mol. The lowest BCUT2D eigenvalue weighted by Crippen LogP contribution is -2.33. The van der Waals surface area contributed by atoms with Crippen molar-refractivity contribution in [2.45, 2.75) is 30.2 Å². The van der Waals surface area contributed by atoms with E-state index < -0.39 is 10.0 Å². The number of nitrogens with zero attached hydrogens (tertiary/aromatic N) is 1. The minimum absolute atomic E-state index is 0. The maximum Gasteiger partial charge on any atom is 0.261 e. The second-order valence-electron chi connectivity index (χ2n) is 6.22. The van der Waals surface area contributed by atoms with Crippen LogP contribution in [0.4, 0.5) is 5.69 Å². The third kappa shape index (κ3) is 3.91. The fraction of sp³-hybridized carbons (Fsp3) is 0.333. The Morgan fingerprint density at radius 1 is 1.04 bits per heavy atom. The maximum absolute atomic E-state index is 12.5. The lowest BCUT2D eigenvalue weighted by molar-refractivity contribution is 0.268. The Morgan fingerprint density at radius 3 is 2.42 bits per heavy atom. The van der Waals surface area contributed by atoms with Crippen LogP contribution in [0.2, 0.25) is 0 Å². The number of likely N-dealkylation sites (N-methyl/N-ethyl adjacent to an activating group) is 1. The summed E-state index contributed by atoms with van der Waals surface area (Å²) in [5.41, 5.74) is 3.08. The second-order valence-corrected chi connectivity index (χ2v) is 7.90. The second kappa shape index (κ2) is 7.55. The molecule has 130 valence electrons. The fourth-order valence-corrected chi connectivity index (χ4v) is 4.24. The molecule has 2 aromatic rings. The first-order chi connectivity index (χ1) is 11.0. The quantitative estimate of drug-likeness (QED) is 0.902. The molecule has 0 unspecified atom stereocenters. The summed E-state index contributed by atoms with van der Waals surface area (Å²) in [5, 5.41) is 0. The van der Waals surface area contributed by atoms with Gasteiger partial charge in [-0.05, 0) is 62.7 Å². The summed E-state index contributed by atoms with van der Waals surface area (Å²) in [6.07, 6.45) is 2.90. The summed E-state index contributed by atoms with van der Waals surface area (Å²) < 4.78 is 27.8. The minimum atomic E-state index is -3.54. The van der Waals surface area contributed by atoms with Crippen molar-refractivity contribution in [3.05, 3.63) is 59.7 Å². The van der Waals surface area contributed by atoms with Crippen LogP contribution in [-0.2, 0) is 22.9 Å². The number of hydrogen-bond acceptors (Lipinski definition) is 3. The highest BCUT2D eigenvalue weighted by molar-refractivity contribution is 7.92. The molecule has 1 aliphatic rings. The molecule has 3 rings (SSSR count). The molecule has 1 atom stereocenters. The molecular formula is C18H23ClN2O2S. The average molecular weight is 367 g/mol. The molecule has 0 aromatic heterocycles. The van der Waals surface area contributed by atoms with Gasteiger partial charge in [0.25, 0.3) is 10.0 Å². The molecule has 0 radical (unpaired) electrons. The highest BCUT2D eigenvalue weighted by Gasteiger charge is 2.23. The largest absolute Gasteiger partial charge is 0.306 e. The molecule has 4 nitrogen and oxygen atoms in total. The van der Waals surface area contributed by atoms with Crippen LogP contribution in [0.1, 0.15) is 17.5 Å². The Balaban J connectivity index is 0.00000208. The van der Waals surface area contributed by atoms with Crippen LogP contribution in [0.25, 0.3) is 0 Å². The van der Waals surface area contributed by atoms with Crippen molar-refractivity contribution in [3.63, 3.8) is 0 Å². The van der Waals surface area contributed by atoms with Gasteiger partial charge in [0.05, 0.1) is 10.6 Å². The molecule has 6 heteroatoms. The zero-order valence-corrected chi connectivity index (χ0v) is 15.5. The third-order valence-electron chi connectivity index (χ3n) is 4.48. The number of sulfonamides is 1. The van der Waals surface area contributed by atoms with E-state index in [0.29, 0.717) is 16.6 Å². The first kappa shape index (κ1) is 18.8. The Morgan fingerprint density at radius 2 is 1.75 bits per heavy atom. The van der Waals surface area contributed by atoms with Gasteiger partial charge in [0.15, 0.2) is 0 Å². The van der Waals surface area contributed by atoms with Crippen molar-refractivity contribution >= 4 is 28.1 Å². The zero-order chi connectivity index (χ0) is 16.4. The Kier molecular flexibility index (Phi) is 5.91. The molecule has 0 spiro atoms. The minimum Gasteiger partial charge on any atom is -0.306 e. The number of anilines is 1. The molecule has 0 fully saturated rings. The molecule has 2 aromatic carbocycles. The number of fused-ring (bicyclic) bond motifs is 1. The standard InChI is InChI=1S/C18H22N2O2S.ClH/c1-20(2)15-11-12-17-14(13-15)7-6-10-18(17)19-23(21,22)16-8-4-3-5-9-16;/h3-10,15,19H,11-13H2,1-2H3;1H/t15-;/m0./s1. The molecule has 0 aliphatic heterocycles. The molecule has 0 amide bonds. The monoisotopic (exact) mass is 366 g/mol. The van der Waals surface area contributed by atoms with Gasteiger partial charge in [0, 0.05) is 6.04 Å². The molecule has 0 bridgehead atoms. The lowest BCUT2D eigenvalue weighted by atomic mass is 9.87. The SMILES string of the molecule is CN(C)[C@H]1CCc2c(cccc2NS(=O)(=O)c2ccccc2)C1.Cl. The van der Waals surface area contributed by atoms with Crippen molar-refractivity contribution in [2.75, 3.05) is 18.8 Å². The van der Waals surface area contributed by atoms with Crippen molar-refractivity contribution in [2.24, 2.45) is 0 Å². The summed E-state index contributed by atoms with van der Waals surface area (Å²) >= 11 is 0. The van der Waals surface area contributed by atoms with Gasteiger partial charge in [0.2, 0.25) is 0 Å². The van der Waals surface area contributed by atoms with E-state index in [1.54, 1.807) is 24.3 Å². The van der Waals surface area contributed by atoms with Crippen molar-refractivity contribution in [1.82, 2.24) is 4.90 Å². The predicted molar refractivity (Wildman–Crippen MR) is 100 cm³/mol. The molecule has 1 N–H and O–H groups in total. The summed E-state index contributed by atoms with van der Waals surface area (Å²) in [4.78, 5) is 2.53. The average Bonchev–Trinajstić information content (AvgIpc) is 2.55. The number of nitrogens with one attached hydrogen (secondary N) is 1. The highest BCUT2D eigenvalue weighted by Crippen LogP contribution is 2.30. The van der Waals surface area contributed by atoms with Gasteiger partial charge in [-0.1, -0.05) is 30.3 Å². The van der Waals surface area contributed by atoms with Gasteiger partial charge < -0.3 is 4.90 Å². The van der Waals surface area contributed by atoms with E-state index in [4.69, 9.17) is 0 Å². The number of benzene rings is 2. The molecule has 0 heterocycles. The van der Waals surface area contributed by atoms with E-state index in [9.17, 15) is 8.42 Å². The predicted octanol–water partition coefficient (Wildman–Crippen LogP) is 3.33. The summed E-state index contributed by atoms with van der Waals surface area (Å²) in [5.74, 6) is 0. The van der Waals surface area contributed by atoms with Gasteiger partial charge in [-0.2, -0.15) is 0 Å². The summed E-state index contributed by atoms with van der Waals surface area (Å²) in [6.45, 7) is 0. The number of halogens is 1. The van der Waals surface area contributed by atoms with E-state index in [0.717, 1.165) is 24.8 Å². The molecule has 0 saturated carbocycles. The number of rotatable bonds is 4. The first-order valence-electron chi connectivity index (χ1n) is 7.82. The highest BCUT2D eigenvalue weighted by atomic mass is 35.5. The van der Waals surface area contributed by atoms with Crippen LogP contribution in [0, 0.1) is 0 Å². The van der Waals surface area contributed by atoms with Gasteiger partial charge >= 0.3 is 0 Å². The Bertz CT molecular complexity index is 792. The van der Waals surface area contributed by atoms with Gasteiger partial charge in [-0.25, -0.2) is 8.42 Å². The van der Waals surface area contributed by atoms with Crippen LogP contribution < -0.4 is 4.72 Å². The smallest absolute Gasteiger partial charge is 0.261 e.